The van der Waals surface area contributed by atoms with E-state index in [4.69, 9.17) is 4.74 Å². The first-order valence-electron chi connectivity index (χ1n) is 7.55. The van der Waals surface area contributed by atoms with Crippen LogP contribution in [0.15, 0.2) is 18.2 Å². The van der Waals surface area contributed by atoms with Gasteiger partial charge in [-0.15, -0.1) is 0 Å². The number of amides is 1. The molecule has 1 aromatic rings. The van der Waals surface area contributed by atoms with Crippen LogP contribution in [0.25, 0.3) is 0 Å². The molecule has 1 amide bonds. The van der Waals surface area contributed by atoms with Crippen molar-refractivity contribution in [1.29, 1.82) is 0 Å². The number of nitrogens with one attached hydrogen (secondary N) is 1. The molecular weight excluding hydrogens is 268 g/mol. The van der Waals surface area contributed by atoms with Gasteiger partial charge in [-0.1, -0.05) is 6.42 Å². The third-order valence-electron chi connectivity index (χ3n) is 3.95. The highest BCUT2D eigenvalue weighted by molar-refractivity contribution is 5.94. The SMILES string of the molecule is CCN(CC1CCCCN1)C(=O)c1ccc(OC)c(O)c1. The predicted octanol–water partition coefficient (Wildman–Crippen LogP) is 2.00. The van der Waals surface area contributed by atoms with Crippen molar-refractivity contribution in [3.05, 3.63) is 23.8 Å². The number of ether oxygens (including phenoxy) is 1. The van der Waals surface area contributed by atoms with E-state index >= 15 is 0 Å². The number of phenols is 1. The van der Waals surface area contributed by atoms with Crippen LogP contribution >= 0.6 is 0 Å². The van der Waals surface area contributed by atoms with Crippen LogP contribution < -0.4 is 10.1 Å². The van der Waals surface area contributed by atoms with Crippen molar-refractivity contribution in [2.24, 2.45) is 0 Å². The Labute approximate surface area is 125 Å². The summed E-state index contributed by atoms with van der Waals surface area (Å²) in [5.74, 6) is 0.321. The molecule has 2 rings (SSSR count). The maximum absolute atomic E-state index is 12.5. The molecule has 1 aromatic carbocycles. The Kier molecular flexibility index (Phi) is 5.44. The van der Waals surface area contributed by atoms with E-state index < -0.39 is 0 Å². The zero-order valence-corrected chi connectivity index (χ0v) is 12.8. The Morgan fingerprint density at radius 3 is 2.86 bits per heavy atom. The molecule has 0 saturated carbocycles. The van der Waals surface area contributed by atoms with E-state index in [1.165, 1.54) is 26.0 Å². The van der Waals surface area contributed by atoms with Crippen molar-refractivity contribution in [3.8, 4) is 11.5 Å². The van der Waals surface area contributed by atoms with Gasteiger partial charge < -0.3 is 20.1 Å². The van der Waals surface area contributed by atoms with E-state index in [0.29, 0.717) is 30.4 Å². The second-order valence-corrected chi connectivity index (χ2v) is 5.38. The molecule has 1 aliphatic heterocycles. The van der Waals surface area contributed by atoms with Gasteiger partial charge in [-0.05, 0) is 44.5 Å². The van der Waals surface area contributed by atoms with E-state index in [-0.39, 0.29) is 11.7 Å². The Balaban J connectivity index is 2.06. The molecular formula is C16H24N2O3. The summed E-state index contributed by atoms with van der Waals surface area (Å²) in [6.45, 7) is 4.37. The first kappa shape index (κ1) is 15.6. The molecule has 1 unspecified atom stereocenters. The number of piperidine rings is 1. The Morgan fingerprint density at radius 1 is 1.48 bits per heavy atom. The van der Waals surface area contributed by atoms with Gasteiger partial charge in [-0.3, -0.25) is 4.79 Å². The number of hydrogen-bond donors (Lipinski definition) is 2. The third-order valence-corrected chi connectivity index (χ3v) is 3.95. The molecule has 21 heavy (non-hydrogen) atoms. The second-order valence-electron chi connectivity index (χ2n) is 5.38. The van der Waals surface area contributed by atoms with Crippen LogP contribution in [0, 0.1) is 0 Å². The second kappa shape index (κ2) is 7.31. The third kappa shape index (κ3) is 3.88. The van der Waals surface area contributed by atoms with Crippen molar-refractivity contribution in [2.75, 3.05) is 26.7 Å². The first-order chi connectivity index (χ1) is 10.2. The average Bonchev–Trinajstić information content (AvgIpc) is 2.53. The molecule has 2 N–H and O–H groups in total. The summed E-state index contributed by atoms with van der Waals surface area (Å²) in [5.41, 5.74) is 0.492. The largest absolute Gasteiger partial charge is 0.504 e. The van der Waals surface area contributed by atoms with Gasteiger partial charge in [0.2, 0.25) is 0 Å². The number of benzene rings is 1. The van der Waals surface area contributed by atoms with Crippen LogP contribution in [0.5, 0.6) is 11.5 Å². The molecule has 0 bridgehead atoms. The zero-order valence-electron chi connectivity index (χ0n) is 12.8. The molecule has 0 radical (unpaired) electrons. The Morgan fingerprint density at radius 2 is 2.29 bits per heavy atom. The number of hydrogen-bond acceptors (Lipinski definition) is 4. The lowest BCUT2D eigenvalue weighted by Crippen LogP contribution is -2.45. The highest BCUT2D eigenvalue weighted by Crippen LogP contribution is 2.26. The highest BCUT2D eigenvalue weighted by atomic mass is 16.5. The Hall–Kier alpha value is -1.75. The fraction of sp³-hybridized carbons (Fsp3) is 0.562. The Bertz CT molecular complexity index is 484. The molecule has 0 spiro atoms. The molecule has 0 aromatic heterocycles. The standard InChI is InChI=1S/C16H24N2O3/c1-3-18(11-13-6-4-5-9-17-13)16(20)12-7-8-15(21-2)14(19)10-12/h7-8,10,13,17,19H,3-6,9,11H2,1-2H3. The minimum Gasteiger partial charge on any atom is -0.504 e. The van der Waals surface area contributed by atoms with Crippen LogP contribution in [0.4, 0.5) is 0 Å². The number of aromatic hydroxyl groups is 1. The van der Waals surface area contributed by atoms with Crippen LogP contribution in [0.1, 0.15) is 36.5 Å². The van der Waals surface area contributed by atoms with Gasteiger partial charge >= 0.3 is 0 Å². The molecule has 0 aliphatic carbocycles. The summed E-state index contributed by atoms with van der Waals surface area (Å²) >= 11 is 0. The van der Waals surface area contributed by atoms with E-state index in [1.54, 1.807) is 12.1 Å². The molecule has 5 nitrogen and oxygen atoms in total. The number of carbonyl (C=O) groups is 1. The van der Waals surface area contributed by atoms with Gasteiger partial charge in [0, 0.05) is 24.7 Å². The summed E-state index contributed by atoms with van der Waals surface area (Å²) in [6, 6.07) is 5.15. The smallest absolute Gasteiger partial charge is 0.254 e. The normalized spacial score (nSPS) is 18.3. The minimum atomic E-state index is -0.0529. The number of carbonyl (C=O) groups excluding carboxylic acids is 1. The average molecular weight is 292 g/mol. The van der Waals surface area contributed by atoms with Gasteiger partial charge in [0.15, 0.2) is 11.5 Å². The van der Waals surface area contributed by atoms with Crippen molar-refractivity contribution < 1.29 is 14.6 Å². The van der Waals surface area contributed by atoms with Crippen LogP contribution in [0.3, 0.4) is 0 Å². The van der Waals surface area contributed by atoms with E-state index in [1.807, 2.05) is 11.8 Å². The lowest BCUT2D eigenvalue weighted by atomic mass is 10.0. The van der Waals surface area contributed by atoms with Crippen LogP contribution in [-0.2, 0) is 0 Å². The number of phenolic OH excluding ortho intramolecular Hbond substituents is 1. The predicted molar refractivity (Wildman–Crippen MR) is 81.9 cm³/mol. The number of methoxy groups -OCH3 is 1. The van der Waals surface area contributed by atoms with Crippen molar-refractivity contribution in [3.63, 3.8) is 0 Å². The molecule has 1 heterocycles. The maximum Gasteiger partial charge on any atom is 0.254 e. The quantitative estimate of drug-likeness (QED) is 0.871. The lowest BCUT2D eigenvalue weighted by molar-refractivity contribution is 0.0741. The molecule has 5 heteroatoms. The summed E-state index contributed by atoms with van der Waals surface area (Å²) < 4.78 is 5.00. The summed E-state index contributed by atoms with van der Waals surface area (Å²) in [6.07, 6.45) is 3.54. The fourth-order valence-corrected chi connectivity index (χ4v) is 2.71. The summed E-state index contributed by atoms with van der Waals surface area (Å²) in [5, 5.41) is 13.3. The summed E-state index contributed by atoms with van der Waals surface area (Å²) in [4.78, 5) is 14.4. The lowest BCUT2D eigenvalue weighted by Gasteiger charge is -2.30. The monoisotopic (exact) mass is 292 g/mol. The van der Waals surface area contributed by atoms with Gasteiger partial charge in [0.1, 0.15) is 0 Å². The molecule has 1 atom stereocenters. The molecule has 1 aliphatic rings. The van der Waals surface area contributed by atoms with E-state index in [9.17, 15) is 9.90 Å². The van der Waals surface area contributed by atoms with Gasteiger partial charge in [-0.25, -0.2) is 0 Å². The molecule has 116 valence electrons. The minimum absolute atomic E-state index is 0.00445. The van der Waals surface area contributed by atoms with E-state index in [0.717, 1.165) is 13.0 Å². The highest BCUT2D eigenvalue weighted by Gasteiger charge is 2.21. The molecule has 1 fully saturated rings. The first-order valence-corrected chi connectivity index (χ1v) is 7.55. The van der Waals surface area contributed by atoms with Gasteiger partial charge in [0.25, 0.3) is 5.91 Å². The zero-order chi connectivity index (χ0) is 15.2. The van der Waals surface area contributed by atoms with Crippen LogP contribution in [-0.4, -0.2) is 48.7 Å². The summed E-state index contributed by atoms with van der Waals surface area (Å²) in [7, 11) is 1.49. The van der Waals surface area contributed by atoms with Gasteiger partial charge in [0.05, 0.1) is 7.11 Å². The number of likely N-dealkylation sites (N-methyl/N-ethyl adjacent to an activating group) is 1. The number of nitrogens with zero attached hydrogens (tertiary/aromatic N) is 1. The van der Waals surface area contributed by atoms with Crippen molar-refractivity contribution in [1.82, 2.24) is 10.2 Å². The van der Waals surface area contributed by atoms with Crippen molar-refractivity contribution in [2.45, 2.75) is 32.2 Å². The van der Waals surface area contributed by atoms with Gasteiger partial charge in [-0.2, -0.15) is 0 Å². The maximum atomic E-state index is 12.5. The number of rotatable bonds is 5. The topological polar surface area (TPSA) is 61.8 Å². The fourth-order valence-electron chi connectivity index (χ4n) is 2.71. The van der Waals surface area contributed by atoms with E-state index in [2.05, 4.69) is 5.32 Å². The van der Waals surface area contributed by atoms with Crippen molar-refractivity contribution >= 4 is 5.91 Å². The van der Waals surface area contributed by atoms with Crippen LogP contribution in [0.2, 0.25) is 0 Å². The molecule has 1 saturated heterocycles.